The second-order valence-corrected chi connectivity index (χ2v) is 11.3. The quantitative estimate of drug-likeness (QED) is 0.236. The Morgan fingerprint density at radius 2 is 1.39 bits per heavy atom. The summed E-state index contributed by atoms with van der Waals surface area (Å²) in [6.45, 7) is 0.808. The lowest BCUT2D eigenvalue weighted by Crippen LogP contribution is -2.49. The van der Waals surface area contributed by atoms with Gasteiger partial charge in [-0.1, -0.05) is 91.0 Å². The summed E-state index contributed by atoms with van der Waals surface area (Å²) in [4.78, 5) is 46.1. The third-order valence-corrected chi connectivity index (χ3v) is 8.88. The van der Waals surface area contributed by atoms with Crippen LogP contribution in [-0.4, -0.2) is 43.1 Å². The minimum Gasteiger partial charge on any atom is -0.486 e. The summed E-state index contributed by atoms with van der Waals surface area (Å²) in [5.74, 6) is -2.03. The van der Waals surface area contributed by atoms with Crippen LogP contribution >= 0.6 is 0 Å². The lowest BCUT2D eigenvalue weighted by molar-refractivity contribution is -0.151. The van der Waals surface area contributed by atoms with Crippen molar-refractivity contribution in [3.8, 4) is 11.5 Å². The van der Waals surface area contributed by atoms with Crippen molar-refractivity contribution in [2.45, 2.75) is 18.2 Å². The molecule has 44 heavy (non-hydrogen) atoms. The average molecular weight is 585 g/mol. The van der Waals surface area contributed by atoms with Crippen molar-refractivity contribution in [2.24, 2.45) is 11.8 Å². The molecule has 2 saturated heterocycles. The van der Waals surface area contributed by atoms with Gasteiger partial charge < -0.3 is 19.1 Å². The van der Waals surface area contributed by atoms with E-state index in [0.29, 0.717) is 30.4 Å². The summed E-state index contributed by atoms with van der Waals surface area (Å²) >= 11 is 0. The molecular formula is C36H28N2O6. The van der Waals surface area contributed by atoms with Crippen LogP contribution in [0.3, 0.4) is 0 Å². The molecular weight excluding hydrogens is 556 g/mol. The third kappa shape index (κ3) is 4.09. The van der Waals surface area contributed by atoms with E-state index in [9.17, 15) is 14.4 Å². The fourth-order valence-corrected chi connectivity index (χ4v) is 6.98. The van der Waals surface area contributed by atoms with Crippen molar-refractivity contribution in [3.05, 3.63) is 126 Å². The number of imide groups is 1. The van der Waals surface area contributed by atoms with Gasteiger partial charge in [0.25, 0.3) is 0 Å². The van der Waals surface area contributed by atoms with Gasteiger partial charge in [-0.3, -0.25) is 9.59 Å². The molecule has 4 heterocycles. The van der Waals surface area contributed by atoms with Crippen LogP contribution in [0.25, 0.3) is 6.08 Å². The zero-order chi connectivity index (χ0) is 29.8. The van der Waals surface area contributed by atoms with Gasteiger partial charge >= 0.3 is 5.97 Å². The predicted molar refractivity (Wildman–Crippen MR) is 163 cm³/mol. The lowest BCUT2D eigenvalue weighted by atomic mass is 9.88. The third-order valence-electron chi connectivity index (χ3n) is 8.88. The Hall–Kier alpha value is -5.37. The maximum absolute atomic E-state index is 14.5. The molecule has 4 aromatic carbocycles. The van der Waals surface area contributed by atoms with Gasteiger partial charge in [0.15, 0.2) is 17.6 Å². The van der Waals surface area contributed by atoms with Crippen molar-refractivity contribution in [1.29, 1.82) is 0 Å². The van der Waals surface area contributed by atoms with Gasteiger partial charge in [-0.15, -0.1) is 0 Å². The fraction of sp³-hybridized carbons (Fsp3) is 0.194. The van der Waals surface area contributed by atoms with Crippen molar-refractivity contribution in [1.82, 2.24) is 0 Å². The van der Waals surface area contributed by atoms with E-state index in [1.165, 1.54) is 4.90 Å². The molecule has 218 valence electrons. The number of benzene rings is 4. The Morgan fingerprint density at radius 3 is 2.11 bits per heavy atom. The molecule has 0 N–H and O–H groups in total. The number of carbonyl (C=O) groups excluding carboxylic acids is 3. The molecule has 4 aromatic rings. The Morgan fingerprint density at radius 1 is 0.750 bits per heavy atom. The minimum atomic E-state index is -1.02. The van der Waals surface area contributed by atoms with Gasteiger partial charge in [-0.25, -0.2) is 9.69 Å². The highest BCUT2D eigenvalue weighted by Crippen LogP contribution is 2.50. The van der Waals surface area contributed by atoms with Crippen LogP contribution in [0.2, 0.25) is 0 Å². The monoisotopic (exact) mass is 584 g/mol. The second kappa shape index (κ2) is 10.4. The standard InChI is InChI=1S/C36H28N2O6/c39-34-30-27-17-15-22-9-7-8-14-26(22)38(27)32(31(30)35(40)37(34)25-16-18-28-29(21-25)43-20-19-42-28)36(41)44-33(23-10-3-1-4-11-23)24-12-5-2-6-13-24/h1-18,21,27,30-33H,19-20H2/t27-,30-,31+,32-/m0/s1. The van der Waals surface area contributed by atoms with Crippen molar-refractivity contribution in [2.75, 3.05) is 23.0 Å². The first-order chi connectivity index (χ1) is 21.6. The first-order valence-electron chi connectivity index (χ1n) is 14.7. The zero-order valence-electron chi connectivity index (χ0n) is 23.6. The Balaban J connectivity index is 1.21. The summed E-state index contributed by atoms with van der Waals surface area (Å²) in [5, 5.41) is 0. The van der Waals surface area contributed by atoms with Crippen LogP contribution < -0.4 is 19.3 Å². The first-order valence-corrected chi connectivity index (χ1v) is 14.7. The number of rotatable bonds is 5. The van der Waals surface area contributed by atoms with E-state index < -0.39 is 41.9 Å². The van der Waals surface area contributed by atoms with E-state index in [1.54, 1.807) is 18.2 Å². The molecule has 8 nitrogen and oxygen atoms in total. The van der Waals surface area contributed by atoms with Crippen molar-refractivity contribution < 1.29 is 28.6 Å². The van der Waals surface area contributed by atoms with E-state index in [2.05, 4.69) is 0 Å². The number of para-hydroxylation sites is 1. The molecule has 2 fully saturated rings. The van der Waals surface area contributed by atoms with Crippen LogP contribution in [0.15, 0.2) is 109 Å². The highest BCUT2D eigenvalue weighted by molar-refractivity contribution is 6.24. The molecule has 0 radical (unpaired) electrons. The van der Waals surface area contributed by atoms with Gasteiger partial charge in [0.2, 0.25) is 11.8 Å². The number of hydrogen-bond acceptors (Lipinski definition) is 7. The van der Waals surface area contributed by atoms with E-state index in [4.69, 9.17) is 14.2 Å². The van der Waals surface area contributed by atoms with Gasteiger partial charge in [-0.2, -0.15) is 0 Å². The van der Waals surface area contributed by atoms with Crippen LogP contribution in [0.5, 0.6) is 11.5 Å². The highest BCUT2D eigenvalue weighted by atomic mass is 16.6. The van der Waals surface area contributed by atoms with Crippen molar-refractivity contribution in [3.63, 3.8) is 0 Å². The average Bonchev–Trinajstić information content (AvgIpc) is 3.56. The number of ether oxygens (including phenoxy) is 3. The SMILES string of the molecule is O=C(OC(c1ccccc1)c1ccccc1)[C@@H]1[C@@H]2C(=O)N(c3ccc4c(c3)OCCO4)C(=O)[C@H]2[C@@H]2C=Cc3ccccc3N12. The molecule has 2 amide bonds. The van der Waals surface area contributed by atoms with E-state index in [0.717, 1.165) is 22.4 Å². The summed E-state index contributed by atoms with van der Waals surface area (Å²) in [6.07, 6.45) is 3.19. The van der Waals surface area contributed by atoms with E-state index in [1.807, 2.05) is 102 Å². The normalized spacial score (nSPS) is 22.9. The number of esters is 1. The Bertz CT molecular complexity index is 1770. The van der Waals surface area contributed by atoms with Crippen molar-refractivity contribution >= 4 is 35.2 Å². The van der Waals surface area contributed by atoms with E-state index >= 15 is 0 Å². The zero-order valence-corrected chi connectivity index (χ0v) is 23.6. The molecule has 4 atom stereocenters. The molecule has 0 bridgehead atoms. The van der Waals surface area contributed by atoms with Gasteiger partial charge in [0.05, 0.1) is 23.6 Å². The molecule has 8 heteroatoms. The predicted octanol–water partition coefficient (Wildman–Crippen LogP) is 5.18. The van der Waals surface area contributed by atoms with Crippen LogP contribution in [0, 0.1) is 11.8 Å². The summed E-state index contributed by atoms with van der Waals surface area (Å²) in [5.41, 5.74) is 3.71. The fourth-order valence-electron chi connectivity index (χ4n) is 6.98. The van der Waals surface area contributed by atoms with Crippen LogP contribution in [0.4, 0.5) is 11.4 Å². The Labute approximate surface area is 254 Å². The molecule has 0 spiro atoms. The maximum atomic E-state index is 14.5. The Kier molecular flexibility index (Phi) is 6.22. The number of nitrogens with zero attached hydrogens (tertiary/aromatic N) is 2. The topological polar surface area (TPSA) is 85.4 Å². The summed E-state index contributed by atoms with van der Waals surface area (Å²) in [7, 11) is 0. The number of fused-ring (bicyclic) bond motifs is 6. The van der Waals surface area contributed by atoms with Gasteiger partial charge in [0.1, 0.15) is 19.3 Å². The van der Waals surface area contributed by atoms with Gasteiger partial charge in [0, 0.05) is 11.8 Å². The maximum Gasteiger partial charge on any atom is 0.330 e. The largest absolute Gasteiger partial charge is 0.486 e. The van der Waals surface area contributed by atoms with Gasteiger partial charge in [-0.05, 0) is 34.9 Å². The molecule has 4 aliphatic rings. The first kappa shape index (κ1) is 26.3. The molecule has 0 saturated carbocycles. The molecule has 0 aromatic heterocycles. The summed E-state index contributed by atoms with van der Waals surface area (Å²) < 4.78 is 17.7. The molecule has 0 aliphatic carbocycles. The molecule has 8 rings (SSSR count). The summed E-state index contributed by atoms with van der Waals surface area (Å²) in [6, 6.07) is 30.3. The van der Waals surface area contributed by atoms with Crippen LogP contribution in [-0.2, 0) is 19.1 Å². The second-order valence-electron chi connectivity index (χ2n) is 11.3. The molecule has 4 aliphatic heterocycles. The highest BCUT2D eigenvalue weighted by Gasteiger charge is 2.65. The molecule has 0 unspecified atom stereocenters. The number of hydrogen-bond donors (Lipinski definition) is 0. The smallest absolute Gasteiger partial charge is 0.330 e. The van der Waals surface area contributed by atoms with E-state index in [-0.39, 0.29) is 5.91 Å². The number of carbonyl (C=O) groups is 3. The lowest BCUT2D eigenvalue weighted by Gasteiger charge is -2.36. The minimum absolute atomic E-state index is 0.353. The number of amides is 2. The number of anilines is 2. The van der Waals surface area contributed by atoms with Crippen LogP contribution in [0.1, 0.15) is 22.8 Å².